The van der Waals surface area contributed by atoms with E-state index in [1.165, 1.54) is 30.6 Å². The maximum absolute atomic E-state index is 12.7. The number of non-ortho nitro benzene ring substituents is 1. The van der Waals surface area contributed by atoms with Gasteiger partial charge in [0.2, 0.25) is 0 Å². The lowest BCUT2D eigenvalue weighted by molar-refractivity contribution is -0.384. The van der Waals surface area contributed by atoms with Crippen molar-refractivity contribution in [2.75, 3.05) is 31.1 Å². The quantitative estimate of drug-likeness (QED) is 0.481. The molecular formula is C20H21N7O3. The summed E-state index contributed by atoms with van der Waals surface area (Å²) in [5.74, 6) is 1.36. The second-order valence-electron chi connectivity index (χ2n) is 7.16. The van der Waals surface area contributed by atoms with Crippen molar-refractivity contribution in [3.63, 3.8) is 0 Å². The van der Waals surface area contributed by atoms with Gasteiger partial charge in [0, 0.05) is 55.6 Å². The van der Waals surface area contributed by atoms with Gasteiger partial charge in [-0.05, 0) is 32.0 Å². The van der Waals surface area contributed by atoms with Gasteiger partial charge < -0.3 is 9.80 Å². The number of nitro groups is 1. The fourth-order valence-electron chi connectivity index (χ4n) is 3.53. The van der Waals surface area contributed by atoms with Gasteiger partial charge in [0.05, 0.1) is 10.6 Å². The van der Waals surface area contributed by atoms with Crippen LogP contribution in [0.25, 0.3) is 5.82 Å². The minimum Gasteiger partial charge on any atom is -0.353 e. The van der Waals surface area contributed by atoms with Crippen molar-refractivity contribution >= 4 is 17.4 Å². The molecule has 10 heteroatoms. The Labute approximate surface area is 172 Å². The fourth-order valence-corrected chi connectivity index (χ4v) is 3.53. The maximum Gasteiger partial charge on any atom is 0.269 e. The van der Waals surface area contributed by atoms with E-state index in [4.69, 9.17) is 0 Å². The molecule has 0 atom stereocenters. The molecule has 0 radical (unpaired) electrons. The van der Waals surface area contributed by atoms with Gasteiger partial charge in [-0.2, -0.15) is 5.10 Å². The van der Waals surface area contributed by atoms with E-state index in [0.717, 1.165) is 17.2 Å². The van der Waals surface area contributed by atoms with Crippen molar-refractivity contribution in [1.82, 2.24) is 24.6 Å². The highest BCUT2D eigenvalue weighted by Gasteiger charge is 2.23. The number of piperazine rings is 1. The number of hydrogen-bond acceptors (Lipinski definition) is 7. The molecule has 0 bridgehead atoms. The van der Waals surface area contributed by atoms with Crippen LogP contribution in [0.15, 0.2) is 42.7 Å². The van der Waals surface area contributed by atoms with E-state index in [-0.39, 0.29) is 11.6 Å². The lowest BCUT2D eigenvalue weighted by atomic mass is 10.1. The molecule has 1 aliphatic rings. The third kappa shape index (κ3) is 3.84. The van der Waals surface area contributed by atoms with Gasteiger partial charge >= 0.3 is 0 Å². The van der Waals surface area contributed by atoms with Gasteiger partial charge in [-0.1, -0.05) is 0 Å². The largest absolute Gasteiger partial charge is 0.353 e. The SMILES string of the molecule is Cc1cc(C)n(-c2cc(N3CCN(C(=O)c4ccc([N+](=O)[O-])cc4)CC3)ncn2)n1. The lowest BCUT2D eigenvalue weighted by Gasteiger charge is -2.35. The van der Waals surface area contributed by atoms with E-state index in [0.29, 0.717) is 37.6 Å². The average molecular weight is 407 g/mol. The van der Waals surface area contributed by atoms with Gasteiger partial charge in [0.1, 0.15) is 12.1 Å². The summed E-state index contributed by atoms with van der Waals surface area (Å²) in [7, 11) is 0. The normalized spacial score (nSPS) is 14.1. The summed E-state index contributed by atoms with van der Waals surface area (Å²) in [5.41, 5.74) is 2.34. The summed E-state index contributed by atoms with van der Waals surface area (Å²) in [6.07, 6.45) is 1.52. The van der Waals surface area contributed by atoms with Crippen LogP contribution in [0.1, 0.15) is 21.7 Å². The van der Waals surface area contributed by atoms with E-state index in [1.54, 1.807) is 9.58 Å². The highest BCUT2D eigenvalue weighted by Crippen LogP contribution is 2.19. The number of hydrogen-bond donors (Lipinski definition) is 0. The van der Waals surface area contributed by atoms with Crippen LogP contribution in [-0.2, 0) is 0 Å². The smallest absolute Gasteiger partial charge is 0.269 e. The zero-order chi connectivity index (χ0) is 21.3. The third-order valence-corrected chi connectivity index (χ3v) is 5.08. The minimum absolute atomic E-state index is 0.0291. The first-order valence-electron chi connectivity index (χ1n) is 9.57. The lowest BCUT2D eigenvalue weighted by Crippen LogP contribution is -2.49. The topological polar surface area (TPSA) is 110 Å². The molecule has 0 unspecified atom stereocenters. The molecule has 10 nitrogen and oxygen atoms in total. The number of amides is 1. The number of benzene rings is 1. The predicted octanol–water partition coefficient (Wildman–Crippen LogP) is 2.15. The number of aromatic nitrogens is 4. The van der Waals surface area contributed by atoms with Crippen molar-refractivity contribution in [2.24, 2.45) is 0 Å². The summed E-state index contributed by atoms with van der Waals surface area (Å²) in [6, 6.07) is 9.59. The average Bonchev–Trinajstić information content (AvgIpc) is 3.11. The van der Waals surface area contributed by atoms with Crippen LogP contribution in [0.2, 0.25) is 0 Å². The van der Waals surface area contributed by atoms with Crippen LogP contribution in [0.4, 0.5) is 11.5 Å². The number of carbonyl (C=O) groups is 1. The fraction of sp³-hybridized carbons (Fsp3) is 0.300. The number of nitrogens with zero attached hydrogens (tertiary/aromatic N) is 7. The Hall–Kier alpha value is -3.82. The van der Waals surface area contributed by atoms with Gasteiger partial charge in [-0.3, -0.25) is 14.9 Å². The molecule has 0 N–H and O–H groups in total. The zero-order valence-electron chi connectivity index (χ0n) is 16.7. The molecule has 1 fully saturated rings. The molecule has 4 rings (SSSR count). The van der Waals surface area contributed by atoms with Crippen LogP contribution in [0.5, 0.6) is 0 Å². The first-order valence-corrected chi connectivity index (χ1v) is 9.57. The second kappa shape index (κ2) is 7.90. The Kier molecular flexibility index (Phi) is 5.13. The number of aryl methyl sites for hydroxylation is 2. The van der Waals surface area contributed by atoms with Crippen molar-refractivity contribution < 1.29 is 9.72 Å². The standard InChI is InChI=1S/C20H21N7O3/c1-14-11-15(2)26(23-14)19-12-18(21-13-22-19)24-7-9-25(10-8-24)20(28)16-3-5-17(6-4-16)27(29)30/h3-6,11-13H,7-10H2,1-2H3. The zero-order valence-corrected chi connectivity index (χ0v) is 16.7. The van der Waals surface area contributed by atoms with Crippen LogP contribution in [0, 0.1) is 24.0 Å². The Morgan fingerprint density at radius 2 is 1.67 bits per heavy atom. The molecular weight excluding hydrogens is 386 g/mol. The van der Waals surface area contributed by atoms with E-state index in [2.05, 4.69) is 20.0 Å². The summed E-state index contributed by atoms with van der Waals surface area (Å²) in [6.45, 7) is 6.25. The molecule has 154 valence electrons. The second-order valence-corrected chi connectivity index (χ2v) is 7.16. The molecule has 1 saturated heterocycles. The molecule has 0 aliphatic carbocycles. The van der Waals surface area contributed by atoms with E-state index in [1.807, 2.05) is 26.0 Å². The Morgan fingerprint density at radius 3 is 2.27 bits per heavy atom. The predicted molar refractivity (Wildman–Crippen MR) is 110 cm³/mol. The summed E-state index contributed by atoms with van der Waals surface area (Å²) < 4.78 is 1.79. The highest BCUT2D eigenvalue weighted by molar-refractivity contribution is 5.94. The molecule has 0 spiro atoms. The van der Waals surface area contributed by atoms with Gasteiger partial charge in [0.15, 0.2) is 5.82 Å². The monoisotopic (exact) mass is 407 g/mol. The van der Waals surface area contributed by atoms with Crippen LogP contribution in [0.3, 0.4) is 0 Å². The molecule has 2 aromatic heterocycles. The highest BCUT2D eigenvalue weighted by atomic mass is 16.6. The molecule has 1 aliphatic heterocycles. The number of nitro benzene ring substituents is 1. The molecule has 3 aromatic rings. The molecule has 3 heterocycles. The van der Waals surface area contributed by atoms with Crippen molar-refractivity contribution in [3.05, 3.63) is 69.8 Å². The molecule has 30 heavy (non-hydrogen) atoms. The van der Waals surface area contributed by atoms with Gasteiger partial charge in [-0.15, -0.1) is 0 Å². The van der Waals surface area contributed by atoms with Gasteiger partial charge in [0.25, 0.3) is 11.6 Å². The van der Waals surface area contributed by atoms with Crippen molar-refractivity contribution in [2.45, 2.75) is 13.8 Å². The van der Waals surface area contributed by atoms with E-state index >= 15 is 0 Å². The number of rotatable bonds is 4. The molecule has 1 aromatic carbocycles. The van der Waals surface area contributed by atoms with Gasteiger partial charge in [-0.25, -0.2) is 14.6 Å². The summed E-state index contributed by atoms with van der Waals surface area (Å²) in [5, 5.41) is 15.2. The van der Waals surface area contributed by atoms with Crippen LogP contribution >= 0.6 is 0 Å². The van der Waals surface area contributed by atoms with Crippen LogP contribution in [-0.4, -0.2) is 61.7 Å². The molecule has 1 amide bonds. The number of carbonyl (C=O) groups excluding carboxylic acids is 1. The van der Waals surface area contributed by atoms with Crippen molar-refractivity contribution in [3.8, 4) is 5.82 Å². The summed E-state index contributed by atoms with van der Waals surface area (Å²) >= 11 is 0. The Balaban J connectivity index is 1.43. The Bertz CT molecular complexity index is 1090. The third-order valence-electron chi connectivity index (χ3n) is 5.08. The van der Waals surface area contributed by atoms with E-state index < -0.39 is 4.92 Å². The minimum atomic E-state index is -0.477. The number of anilines is 1. The first-order chi connectivity index (χ1) is 14.4. The maximum atomic E-state index is 12.7. The van der Waals surface area contributed by atoms with Crippen LogP contribution < -0.4 is 4.90 Å². The van der Waals surface area contributed by atoms with Crippen molar-refractivity contribution in [1.29, 1.82) is 0 Å². The first kappa shape index (κ1) is 19.5. The summed E-state index contributed by atoms with van der Waals surface area (Å²) in [4.78, 5) is 35.6. The Morgan fingerprint density at radius 1 is 1.00 bits per heavy atom. The molecule has 0 saturated carbocycles. The van der Waals surface area contributed by atoms with E-state index in [9.17, 15) is 14.9 Å².